The van der Waals surface area contributed by atoms with Gasteiger partial charge >= 0.3 is 12.1 Å². The highest BCUT2D eigenvalue weighted by molar-refractivity contribution is 5.98. The number of carbonyl (C=O) groups is 1. The first-order valence-electron chi connectivity index (χ1n) is 13.9. The number of halogens is 3. The summed E-state index contributed by atoms with van der Waals surface area (Å²) in [6.45, 7) is 2.78. The van der Waals surface area contributed by atoms with E-state index in [1.54, 1.807) is 6.92 Å². The lowest BCUT2D eigenvalue weighted by Gasteiger charge is -2.37. The van der Waals surface area contributed by atoms with Gasteiger partial charge in [0.2, 0.25) is 0 Å². The van der Waals surface area contributed by atoms with Crippen molar-refractivity contribution in [1.82, 2.24) is 4.90 Å². The fourth-order valence-electron chi connectivity index (χ4n) is 5.26. The van der Waals surface area contributed by atoms with E-state index in [1.807, 2.05) is 25.1 Å². The maximum atomic E-state index is 14.0. The molecule has 1 saturated heterocycles. The summed E-state index contributed by atoms with van der Waals surface area (Å²) in [6.07, 6.45) is 0.363. The second-order valence-electron chi connectivity index (χ2n) is 10.1. The summed E-state index contributed by atoms with van der Waals surface area (Å²) in [7, 11) is 0. The van der Waals surface area contributed by atoms with E-state index in [4.69, 9.17) is 12.7 Å². The normalized spacial score (nSPS) is 19.2. The Kier molecular flexibility index (Phi) is 7.72. The van der Waals surface area contributed by atoms with Crippen LogP contribution in [0.4, 0.5) is 13.2 Å². The number of carboxylic acids is 1. The molecule has 1 N–H and O–H groups in total. The average Bonchev–Trinajstić information content (AvgIpc) is 2.88. The van der Waals surface area contributed by atoms with Gasteiger partial charge in [0, 0.05) is 19.6 Å². The first-order chi connectivity index (χ1) is 18.4. The predicted molar refractivity (Wildman–Crippen MR) is 136 cm³/mol. The fraction of sp³-hybridized carbons (Fsp3) is 0.517. The van der Waals surface area contributed by atoms with Crippen molar-refractivity contribution in [3.63, 3.8) is 0 Å². The largest absolute Gasteiger partial charge is 0.481 e. The Morgan fingerprint density at radius 2 is 1.86 bits per heavy atom. The van der Waals surface area contributed by atoms with Crippen molar-refractivity contribution in [2.45, 2.75) is 77.6 Å². The van der Waals surface area contributed by atoms with Gasteiger partial charge in [0.25, 0.3) is 0 Å². The molecule has 5 nitrogen and oxygen atoms in total. The zero-order valence-electron chi connectivity index (χ0n) is 23.3. The number of benzene rings is 2. The molecular formula is C29H35F3N2O3. The molecule has 37 heavy (non-hydrogen) atoms. The minimum atomic E-state index is -4.60. The van der Waals surface area contributed by atoms with Crippen LogP contribution in [0.3, 0.4) is 0 Å². The monoisotopic (exact) mass is 518 g/mol. The van der Waals surface area contributed by atoms with Crippen LogP contribution in [0.1, 0.15) is 88.0 Å². The highest BCUT2D eigenvalue weighted by Gasteiger charge is 2.36. The molecular weight excluding hydrogens is 481 g/mol. The minimum Gasteiger partial charge on any atom is -0.481 e. The van der Waals surface area contributed by atoms with Gasteiger partial charge in [0.15, 0.2) is 0 Å². The molecule has 8 heteroatoms. The molecule has 0 radical (unpaired) electrons. The van der Waals surface area contributed by atoms with Crippen LogP contribution in [0.5, 0.6) is 0 Å². The smallest absolute Gasteiger partial charge is 0.416 e. The van der Waals surface area contributed by atoms with Gasteiger partial charge in [0.1, 0.15) is 6.56 Å². The molecule has 0 atom stereocenters. The van der Waals surface area contributed by atoms with Crippen molar-refractivity contribution in [2.24, 2.45) is 11.1 Å². The van der Waals surface area contributed by atoms with E-state index in [9.17, 15) is 18.0 Å². The standard InChI is InChI=1S/C29H35F3N2O3/c1-3-21-14-23(10-11-24(21)15-34-16-25(17-34)28(35)36)19(2)33-37-18-20-9-12-26(22-7-5-4-6-8-22)27(13-20)29(30,31)32/h9-14,22,25H,3-8,15-18H2,1-2H3,(H,35,36)/b33-19+/i18D2. The van der Waals surface area contributed by atoms with Crippen LogP contribution in [0.25, 0.3) is 0 Å². The molecule has 0 unspecified atom stereocenters. The number of hydrogen-bond donors (Lipinski definition) is 1. The van der Waals surface area contributed by atoms with Gasteiger partial charge in [-0.15, -0.1) is 0 Å². The Hall–Kier alpha value is -2.87. The van der Waals surface area contributed by atoms with Crippen LogP contribution in [0.15, 0.2) is 41.6 Å². The molecule has 1 aliphatic carbocycles. The lowest BCUT2D eigenvalue weighted by molar-refractivity contribution is -0.147. The van der Waals surface area contributed by atoms with Gasteiger partial charge in [-0.1, -0.05) is 55.6 Å². The van der Waals surface area contributed by atoms with Crippen LogP contribution in [-0.2, 0) is 35.3 Å². The van der Waals surface area contributed by atoms with Crippen molar-refractivity contribution in [1.29, 1.82) is 0 Å². The Balaban J connectivity index is 1.49. The molecule has 0 aromatic heterocycles. The number of carboxylic acid groups (broad SMARTS) is 1. The van der Waals surface area contributed by atoms with E-state index >= 15 is 0 Å². The summed E-state index contributed by atoms with van der Waals surface area (Å²) in [5.74, 6) is -1.28. The minimum absolute atomic E-state index is 0.174. The van der Waals surface area contributed by atoms with Crippen molar-refractivity contribution in [3.05, 3.63) is 69.8 Å². The number of nitrogens with zero attached hydrogens (tertiary/aromatic N) is 2. The maximum absolute atomic E-state index is 14.0. The van der Waals surface area contributed by atoms with E-state index < -0.39 is 24.3 Å². The van der Waals surface area contributed by atoms with Crippen molar-refractivity contribution in [2.75, 3.05) is 13.1 Å². The van der Waals surface area contributed by atoms with Gasteiger partial charge in [-0.05, 0) is 72.1 Å². The van der Waals surface area contributed by atoms with Crippen molar-refractivity contribution >= 4 is 11.7 Å². The Morgan fingerprint density at radius 3 is 2.51 bits per heavy atom. The third-order valence-corrected chi connectivity index (χ3v) is 7.46. The lowest BCUT2D eigenvalue weighted by atomic mass is 9.81. The SMILES string of the molecule is [2H]C([2H])(O/N=C(\C)c1ccc(CN2CC(C(=O)O)C2)c(CC)c1)c1ccc(C2CCCCC2)c(C(F)(F)F)c1. The summed E-state index contributed by atoms with van der Waals surface area (Å²) in [5.41, 5.74) is 2.42. The molecule has 2 fully saturated rings. The molecule has 4 rings (SSSR count). The Bertz CT molecular complexity index is 1220. The van der Waals surface area contributed by atoms with Gasteiger partial charge < -0.3 is 9.94 Å². The van der Waals surface area contributed by atoms with Crippen molar-refractivity contribution < 1.29 is 30.7 Å². The summed E-state index contributed by atoms with van der Waals surface area (Å²) < 4.78 is 58.5. The number of aryl methyl sites for hydroxylation is 1. The van der Waals surface area contributed by atoms with Gasteiger partial charge in [0.05, 0.1) is 19.9 Å². The molecule has 2 aromatic rings. The van der Waals surface area contributed by atoms with Crippen LogP contribution < -0.4 is 0 Å². The van der Waals surface area contributed by atoms with Gasteiger partial charge in [-0.2, -0.15) is 13.2 Å². The lowest BCUT2D eigenvalue weighted by Crippen LogP contribution is -2.49. The van der Waals surface area contributed by atoms with E-state index in [0.29, 0.717) is 43.8 Å². The molecule has 1 saturated carbocycles. The Morgan fingerprint density at radius 1 is 1.14 bits per heavy atom. The zero-order valence-corrected chi connectivity index (χ0v) is 21.3. The highest BCUT2D eigenvalue weighted by Crippen LogP contribution is 2.41. The molecule has 0 spiro atoms. The van der Waals surface area contributed by atoms with E-state index in [1.165, 1.54) is 12.1 Å². The summed E-state index contributed by atoms with van der Waals surface area (Å²) in [5, 5.41) is 13.0. The fourth-order valence-corrected chi connectivity index (χ4v) is 5.26. The van der Waals surface area contributed by atoms with Crippen LogP contribution in [-0.4, -0.2) is 34.8 Å². The van der Waals surface area contributed by atoms with E-state index in [-0.39, 0.29) is 23.0 Å². The molecule has 200 valence electrons. The van der Waals surface area contributed by atoms with Crippen molar-refractivity contribution in [3.8, 4) is 0 Å². The van der Waals surface area contributed by atoms with Crippen LogP contribution >= 0.6 is 0 Å². The van der Waals surface area contributed by atoms with Gasteiger partial charge in [-0.25, -0.2) is 0 Å². The molecule has 2 aromatic carbocycles. The first-order valence-corrected chi connectivity index (χ1v) is 12.9. The quantitative estimate of drug-likeness (QED) is 0.294. The van der Waals surface area contributed by atoms with E-state index in [2.05, 4.69) is 10.1 Å². The summed E-state index contributed by atoms with van der Waals surface area (Å²) >= 11 is 0. The number of likely N-dealkylation sites (tertiary alicyclic amines) is 1. The van der Waals surface area contributed by atoms with E-state index in [0.717, 1.165) is 42.9 Å². The van der Waals surface area contributed by atoms with Crippen LogP contribution in [0.2, 0.25) is 0 Å². The van der Waals surface area contributed by atoms with Crippen LogP contribution in [0, 0.1) is 5.92 Å². The second-order valence-corrected chi connectivity index (χ2v) is 10.1. The first kappa shape index (κ1) is 24.5. The molecule has 1 aliphatic heterocycles. The Labute approximate surface area is 219 Å². The summed E-state index contributed by atoms with van der Waals surface area (Å²) in [6, 6.07) is 9.34. The number of rotatable bonds is 9. The topological polar surface area (TPSA) is 62.1 Å². The number of aliphatic carboxylic acids is 1. The third kappa shape index (κ3) is 6.72. The van der Waals surface area contributed by atoms with Gasteiger partial charge in [-0.3, -0.25) is 9.69 Å². The maximum Gasteiger partial charge on any atom is 0.416 e. The molecule has 0 amide bonds. The molecule has 1 heterocycles. The predicted octanol–water partition coefficient (Wildman–Crippen LogP) is 6.77. The molecule has 2 aliphatic rings. The third-order valence-electron chi connectivity index (χ3n) is 7.46. The average molecular weight is 519 g/mol. The molecule has 0 bridgehead atoms. The number of oxime groups is 1. The summed E-state index contributed by atoms with van der Waals surface area (Å²) in [4.78, 5) is 18.3. The highest BCUT2D eigenvalue weighted by atomic mass is 19.4. The number of alkyl halides is 3. The zero-order chi connectivity index (χ0) is 28.4. The number of hydrogen-bond acceptors (Lipinski definition) is 4. The second kappa shape index (κ2) is 11.7.